The Morgan fingerprint density at radius 1 is 1.39 bits per heavy atom. The molecule has 0 heterocycles. The van der Waals surface area contributed by atoms with Crippen LogP contribution in [-0.4, -0.2) is 6.54 Å². The molecule has 0 spiro atoms. The van der Waals surface area contributed by atoms with E-state index in [1.54, 1.807) is 0 Å². The summed E-state index contributed by atoms with van der Waals surface area (Å²) in [5.41, 5.74) is 1.18. The van der Waals surface area contributed by atoms with Crippen molar-refractivity contribution in [3.05, 3.63) is 34.3 Å². The SMILES string of the molecule is C[C@H](NC[C@H](C#N)CCC#N)c1cccc(Br)c1. The molecule has 0 radical (unpaired) electrons. The van der Waals surface area contributed by atoms with Gasteiger partial charge in [-0.15, -0.1) is 0 Å². The van der Waals surface area contributed by atoms with Crippen molar-refractivity contribution in [1.29, 1.82) is 10.5 Å². The van der Waals surface area contributed by atoms with E-state index >= 15 is 0 Å². The van der Waals surface area contributed by atoms with E-state index in [4.69, 9.17) is 10.5 Å². The van der Waals surface area contributed by atoms with Crippen LogP contribution in [0.1, 0.15) is 31.4 Å². The Kier molecular flexibility index (Phi) is 6.43. The summed E-state index contributed by atoms with van der Waals surface area (Å²) < 4.78 is 1.05. The maximum Gasteiger partial charge on any atom is 0.0669 e. The number of hydrogen-bond acceptors (Lipinski definition) is 3. The molecule has 18 heavy (non-hydrogen) atoms. The van der Waals surface area contributed by atoms with Gasteiger partial charge in [0.2, 0.25) is 0 Å². The van der Waals surface area contributed by atoms with E-state index in [0.717, 1.165) is 4.47 Å². The highest BCUT2D eigenvalue weighted by Gasteiger charge is 2.10. The molecule has 94 valence electrons. The normalized spacial score (nSPS) is 13.3. The lowest BCUT2D eigenvalue weighted by Crippen LogP contribution is -2.25. The third-order valence-corrected chi connectivity index (χ3v) is 3.30. The standard InChI is InChI=1S/C14H16BrN3/c1-11(13-5-2-6-14(15)8-13)18-10-12(9-17)4-3-7-16/h2,5-6,8,11-12,18H,3-4,10H2,1H3/t11-,12-/m0/s1. The minimum atomic E-state index is -0.0979. The lowest BCUT2D eigenvalue weighted by Gasteiger charge is -2.16. The molecule has 1 aromatic carbocycles. The van der Waals surface area contributed by atoms with Crippen LogP contribution in [0, 0.1) is 28.6 Å². The van der Waals surface area contributed by atoms with Gasteiger partial charge in [0.15, 0.2) is 0 Å². The van der Waals surface area contributed by atoms with Gasteiger partial charge in [0.25, 0.3) is 0 Å². The fraction of sp³-hybridized carbons (Fsp3) is 0.429. The van der Waals surface area contributed by atoms with E-state index in [1.807, 2.05) is 12.1 Å². The van der Waals surface area contributed by atoms with Gasteiger partial charge in [-0.1, -0.05) is 28.1 Å². The smallest absolute Gasteiger partial charge is 0.0669 e. The first kappa shape index (κ1) is 14.7. The van der Waals surface area contributed by atoms with Crippen LogP contribution in [0.5, 0.6) is 0 Å². The zero-order chi connectivity index (χ0) is 13.4. The number of nitrogens with zero attached hydrogens (tertiary/aromatic N) is 2. The number of nitriles is 2. The summed E-state index contributed by atoms with van der Waals surface area (Å²) in [6.07, 6.45) is 1.07. The number of nitrogens with one attached hydrogen (secondary N) is 1. The van der Waals surface area contributed by atoms with Crippen LogP contribution in [0.3, 0.4) is 0 Å². The lowest BCUT2D eigenvalue weighted by molar-refractivity contribution is 0.490. The second kappa shape index (κ2) is 7.87. The second-order valence-corrected chi connectivity index (χ2v) is 5.12. The summed E-state index contributed by atoms with van der Waals surface area (Å²) in [5.74, 6) is -0.0979. The highest BCUT2D eigenvalue weighted by Crippen LogP contribution is 2.18. The molecule has 0 saturated carbocycles. The van der Waals surface area contributed by atoms with E-state index in [-0.39, 0.29) is 12.0 Å². The largest absolute Gasteiger partial charge is 0.309 e. The summed E-state index contributed by atoms with van der Waals surface area (Å²) in [6.45, 7) is 2.69. The van der Waals surface area contributed by atoms with Gasteiger partial charge in [-0.2, -0.15) is 10.5 Å². The molecule has 0 aromatic heterocycles. The molecule has 1 N–H and O–H groups in total. The third-order valence-electron chi connectivity index (χ3n) is 2.81. The zero-order valence-corrected chi connectivity index (χ0v) is 11.9. The predicted molar refractivity (Wildman–Crippen MR) is 74.5 cm³/mol. The van der Waals surface area contributed by atoms with Crippen LogP contribution in [0.4, 0.5) is 0 Å². The summed E-state index contributed by atoms with van der Waals surface area (Å²) in [5, 5.41) is 20.8. The average Bonchev–Trinajstić information content (AvgIpc) is 2.38. The minimum absolute atomic E-state index is 0.0979. The molecule has 0 amide bonds. The summed E-state index contributed by atoms with van der Waals surface area (Å²) in [4.78, 5) is 0. The van der Waals surface area contributed by atoms with Gasteiger partial charge in [-0.25, -0.2) is 0 Å². The fourth-order valence-electron chi connectivity index (χ4n) is 1.66. The van der Waals surface area contributed by atoms with Gasteiger partial charge < -0.3 is 5.32 Å². The molecule has 0 saturated heterocycles. The molecule has 0 bridgehead atoms. The van der Waals surface area contributed by atoms with E-state index < -0.39 is 0 Å². The summed E-state index contributed by atoms with van der Waals surface area (Å²) in [6, 6.07) is 12.6. The van der Waals surface area contributed by atoms with E-state index in [1.165, 1.54) is 5.56 Å². The average molecular weight is 306 g/mol. The van der Waals surface area contributed by atoms with Crippen LogP contribution in [0.25, 0.3) is 0 Å². The predicted octanol–water partition coefficient (Wildman–Crippen LogP) is 3.54. The Bertz CT molecular complexity index is 459. The Labute approximate surface area is 117 Å². The number of benzene rings is 1. The molecule has 1 aromatic rings. The maximum atomic E-state index is 8.97. The molecule has 0 aliphatic carbocycles. The quantitative estimate of drug-likeness (QED) is 0.874. The van der Waals surface area contributed by atoms with Crippen molar-refractivity contribution in [2.45, 2.75) is 25.8 Å². The Balaban J connectivity index is 2.48. The van der Waals surface area contributed by atoms with Crippen LogP contribution in [0.2, 0.25) is 0 Å². The van der Waals surface area contributed by atoms with E-state index in [9.17, 15) is 0 Å². The van der Waals surface area contributed by atoms with E-state index in [2.05, 4.69) is 52.4 Å². The molecule has 4 heteroatoms. The Hall–Kier alpha value is -1.36. The first-order valence-electron chi connectivity index (χ1n) is 5.92. The summed E-state index contributed by atoms with van der Waals surface area (Å²) >= 11 is 3.44. The topological polar surface area (TPSA) is 59.6 Å². The molecule has 3 nitrogen and oxygen atoms in total. The molecular weight excluding hydrogens is 290 g/mol. The lowest BCUT2D eigenvalue weighted by atomic mass is 10.0. The second-order valence-electron chi connectivity index (χ2n) is 4.21. The molecule has 0 aliphatic rings. The van der Waals surface area contributed by atoms with Crippen molar-refractivity contribution in [1.82, 2.24) is 5.32 Å². The third kappa shape index (κ3) is 4.87. The number of halogens is 1. The molecular formula is C14H16BrN3. The molecule has 0 aliphatic heterocycles. The number of hydrogen-bond donors (Lipinski definition) is 1. The van der Waals surface area contributed by atoms with Crippen LogP contribution < -0.4 is 5.32 Å². The minimum Gasteiger partial charge on any atom is -0.309 e. The van der Waals surface area contributed by atoms with Gasteiger partial charge in [0, 0.05) is 23.5 Å². The van der Waals surface area contributed by atoms with Crippen molar-refractivity contribution in [3.8, 4) is 12.1 Å². The van der Waals surface area contributed by atoms with Gasteiger partial charge >= 0.3 is 0 Å². The van der Waals surface area contributed by atoms with Crippen molar-refractivity contribution < 1.29 is 0 Å². The molecule has 0 unspecified atom stereocenters. The first-order chi connectivity index (χ1) is 8.67. The van der Waals surface area contributed by atoms with Gasteiger partial charge in [0.1, 0.15) is 0 Å². The van der Waals surface area contributed by atoms with Gasteiger partial charge in [-0.3, -0.25) is 0 Å². The van der Waals surface area contributed by atoms with Crippen molar-refractivity contribution >= 4 is 15.9 Å². The fourth-order valence-corrected chi connectivity index (χ4v) is 2.08. The van der Waals surface area contributed by atoms with Crippen molar-refractivity contribution in [2.75, 3.05) is 6.54 Å². The summed E-state index contributed by atoms with van der Waals surface area (Å²) in [7, 11) is 0. The highest BCUT2D eigenvalue weighted by atomic mass is 79.9. The Morgan fingerprint density at radius 3 is 2.78 bits per heavy atom. The van der Waals surface area contributed by atoms with Crippen LogP contribution in [-0.2, 0) is 0 Å². The first-order valence-corrected chi connectivity index (χ1v) is 6.72. The molecule has 0 fully saturated rings. The Morgan fingerprint density at radius 2 is 2.17 bits per heavy atom. The van der Waals surface area contributed by atoms with Gasteiger partial charge in [0.05, 0.1) is 18.1 Å². The van der Waals surface area contributed by atoms with Crippen molar-refractivity contribution in [2.24, 2.45) is 5.92 Å². The van der Waals surface area contributed by atoms with E-state index in [0.29, 0.717) is 19.4 Å². The maximum absolute atomic E-state index is 8.97. The molecule has 1 rings (SSSR count). The van der Waals surface area contributed by atoms with Crippen molar-refractivity contribution in [3.63, 3.8) is 0 Å². The molecule has 2 atom stereocenters. The highest BCUT2D eigenvalue weighted by molar-refractivity contribution is 9.10. The zero-order valence-electron chi connectivity index (χ0n) is 10.4. The van der Waals surface area contributed by atoms with Crippen LogP contribution in [0.15, 0.2) is 28.7 Å². The van der Waals surface area contributed by atoms with Gasteiger partial charge in [-0.05, 0) is 31.0 Å². The monoisotopic (exact) mass is 305 g/mol. The van der Waals surface area contributed by atoms with Crippen LogP contribution >= 0.6 is 15.9 Å². The number of rotatable bonds is 6.